The Bertz CT molecular complexity index is 258. The first-order valence-electron chi connectivity index (χ1n) is 1.88. The molecule has 3 nitrogen and oxygen atoms in total. The molecule has 1 aliphatic heterocycles. The molecule has 1 rings (SSSR count). The van der Waals surface area contributed by atoms with Gasteiger partial charge < -0.3 is 0 Å². The Balaban J connectivity index is 3.21. The molecule has 0 amide bonds. The lowest BCUT2D eigenvalue weighted by atomic mass is 13.8. The standard InChI is InChI=1S/F4N3P3/c1-9(2)5-8-6-10(3,4)7-9. The van der Waals surface area contributed by atoms with Gasteiger partial charge in [0, 0.05) is 0 Å². The van der Waals surface area contributed by atoms with E-state index in [-0.39, 0.29) is 0 Å². The number of hydrogen-bond donors (Lipinski definition) is 0. The van der Waals surface area contributed by atoms with Crippen LogP contribution < -0.4 is 0 Å². The summed E-state index contributed by atoms with van der Waals surface area (Å²) < 4.78 is 54.8. The van der Waals surface area contributed by atoms with Crippen LogP contribution in [0.5, 0.6) is 0 Å². The van der Waals surface area contributed by atoms with E-state index in [1.165, 1.54) is 0 Å². The fraction of sp³-hybridized carbons (Fsp3) is 0. The van der Waals surface area contributed by atoms with E-state index < -0.39 is 24.2 Å². The SMILES string of the molecule is FP1(F)=NP=NP(F)(F)=N1. The highest BCUT2D eigenvalue weighted by molar-refractivity contribution is 7.71. The molecule has 0 unspecified atom stereocenters. The van der Waals surface area contributed by atoms with Gasteiger partial charge in [0.2, 0.25) is 0 Å². The fourth-order valence-electron chi connectivity index (χ4n) is 0.279. The Labute approximate surface area is 55.5 Å². The van der Waals surface area contributed by atoms with E-state index in [0.717, 1.165) is 0 Å². The summed E-state index contributed by atoms with van der Waals surface area (Å²) in [7, 11) is -10.6. The molecule has 0 N–H and O–H groups in total. The van der Waals surface area contributed by atoms with Crippen molar-refractivity contribution >= 4 is 24.2 Å². The van der Waals surface area contributed by atoms with E-state index in [4.69, 9.17) is 0 Å². The van der Waals surface area contributed by atoms with Crippen LogP contribution in [0.15, 0.2) is 13.5 Å². The molecule has 0 aliphatic carbocycles. The third-order valence-corrected chi connectivity index (χ3v) is 4.59. The van der Waals surface area contributed by atoms with Crippen molar-refractivity contribution in [3.05, 3.63) is 0 Å². The molecule has 0 aromatic carbocycles. The van der Waals surface area contributed by atoms with Crippen molar-refractivity contribution in [3.63, 3.8) is 0 Å². The van der Waals surface area contributed by atoms with Gasteiger partial charge in [-0.3, -0.25) is 0 Å². The zero-order valence-electron chi connectivity index (χ0n) is 4.20. The maximum Gasteiger partial charge on any atom is 0.426 e. The van der Waals surface area contributed by atoms with Crippen molar-refractivity contribution in [2.24, 2.45) is 13.5 Å². The third kappa shape index (κ3) is 2.15. The van der Waals surface area contributed by atoms with Crippen LogP contribution in [0, 0.1) is 0 Å². The van der Waals surface area contributed by atoms with Gasteiger partial charge in [-0.1, -0.05) is 0 Å². The van der Waals surface area contributed by atoms with Gasteiger partial charge in [-0.25, -0.2) is 0 Å². The second kappa shape index (κ2) is 2.40. The van der Waals surface area contributed by atoms with Gasteiger partial charge in [0.1, 0.15) is 0 Å². The highest BCUT2D eigenvalue weighted by Gasteiger charge is 2.28. The molecular weight excluding hydrogens is 211 g/mol. The summed E-state index contributed by atoms with van der Waals surface area (Å²) in [5.74, 6) is 0. The zero-order valence-corrected chi connectivity index (χ0v) is 6.88. The summed E-state index contributed by atoms with van der Waals surface area (Å²) >= 11 is 0. The van der Waals surface area contributed by atoms with E-state index in [0.29, 0.717) is 0 Å². The van der Waals surface area contributed by atoms with E-state index in [9.17, 15) is 16.8 Å². The highest BCUT2D eigenvalue weighted by Crippen LogP contribution is 2.73. The molecule has 0 fully saturated rings. The zero-order chi connectivity index (χ0) is 7.83. The molecule has 10 heteroatoms. The third-order valence-electron chi connectivity index (χ3n) is 0.510. The second-order valence-corrected chi connectivity index (χ2v) is 5.42. The van der Waals surface area contributed by atoms with Crippen LogP contribution in [0.2, 0.25) is 0 Å². The van der Waals surface area contributed by atoms with Gasteiger partial charge in [0.25, 0.3) is 0 Å². The summed E-state index contributed by atoms with van der Waals surface area (Å²) in [5.41, 5.74) is 0. The summed E-state index contributed by atoms with van der Waals surface area (Å²) in [6.45, 7) is 0. The van der Waals surface area contributed by atoms with Crippen molar-refractivity contribution in [2.75, 3.05) is 0 Å². The van der Waals surface area contributed by atoms with Gasteiger partial charge >= 0.3 is 15.7 Å². The molecule has 1 heterocycles. The van der Waals surface area contributed by atoms with Crippen LogP contribution in [0.3, 0.4) is 0 Å². The smallest absolute Gasteiger partial charge is 0.149 e. The quantitative estimate of drug-likeness (QED) is 0.407. The first kappa shape index (κ1) is 8.38. The Kier molecular flexibility index (Phi) is 2.01. The number of halogens is 4. The summed E-state index contributed by atoms with van der Waals surface area (Å²) in [6.07, 6.45) is 0. The van der Waals surface area contributed by atoms with Crippen LogP contribution in [0.4, 0.5) is 16.8 Å². The molecular formula is F4N3P3. The van der Waals surface area contributed by atoms with Gasteiger partial charge in [0.05, 0.1) is 0 Å². The number of rotatable bonds is 0. The number of hydrogen-bond acceptors (Lipinski definition) is 3. The van der Waals surface area contributed by atoms with Crippen molar-refractivity contribution in [1.82, 2.24) is 0 Å². The Morgan fingerprint density at radius 3 is 1.90 bits per heavy atom. The summed E-state index contributed by atoms with van der Waals surface area (Å²) in [5, 5.41) is 0. The maximum atomic E-state index is 12.0. The topological polar surface area (TPSA) is 37.1 Å². The summed E-state index contributed by atoms with van der Waals surface area (Å²) in [6, 6.07) is 0. The molecule has 0 atom stereocenters. The van der Waals surface area contributed by atoms with Crippen LogP contribution in [-0.4, -0.2) is 0 Å². The van der Waals surface area contributed by atoms with E-state index in [1.54, 1.807) is 0 Å². The van der Waals surface area contributed by atoms with Gasteiger partial charge in [-0.15, -0.1) is 30.3 Å². The molecule has 58 valence electrons. The van der Waals surface area contributed by atoms with Crippen molar-refractivity contribution < 1.29 is 16.8 Å². The lowest BCUT2D eigenvalue weighted by Gasteiger charge is -2.02. The van der Waals surface area contributed by atoms with E-state index in [2.05, 4.69) is 9.03 Å². The lowest BCUT2D eigenvalue weighted by Crippen LogP contribution is -1.58. The van der Waals surface area contributed by atoms with Gasteiger partial charge in [-0.2, -0.15) is 0 Å². The average Bonchev–Trinajstić information content (AvgIpc) is 1.56. The molecule has 0 saturated heterocycles. The van der Waals surface area contributed by atoms with Crippen LogP contribution in [0.25, 0.3) is 0 Å². The van der Waals surface area contributed by atoms with Crippen molar-refractivity contribution in [3.8, 4) is 0 Å². The first-order valence-corrected chi connectivity index (χ1v) is 5.63. The first-order chi connectivity index (χ1) is 4.41. The highest BCUT2D eigenvalue weighted by atomic mass is 31.3. The van der Waals surface area contributed by atoms with Gasteiger partial charge in [-0.05, 0) is 0 Å². The lowest BCUT2D eigenvalue weighted by molar-refractivity contribution is 0.702. The van der Waals surface area contributed by atoms with Gasteiger partial charge in [0.15, 0.2) is 8.52 Å². The Morgan fingerprint density at radius 2 is 1.60 bits per heavy atom. The minimum absolute atomic E-state index is 0.588. The molecule has 0 aromatic rings. The van der Waals surface area contributed by atoms with E-state index in [1.807, 2.05) is 4.52 Å². The summed E-state index contributed by atoms with van der Waals surface area (Å²) in [4.78, 5) is 0. The Hall–Kier alpha value is 0.280. The second-order valence-electron chi connectivity index (χ2n) is 1.27. The molecule has 0 radical (unpaired) electrons. The molecule has 0 bridgehead atoms. The molecule has 10 heavy (non-hydrogen) atoms. The minimum Gasteiger partial charge on any atom is -0.149 e. The van der Waals surface area contributed by atoms with Crippen LogP contribution >= 0.6 is 24.2 Å². The fourth-order valence-corrected chi connectivity index (χ4v) is 3.48. The molecule has 0 aromatic heterocycles. The molecule has 0 saturated carbocycles. The molecule has 1 aliphatic rings. The van der Waals surface area contributed by atoms with Crippen molar-refractivity contribution in [2.45, 2.75) is 0 Å². The monoisotopic (exact) mass is 211 g/mol. The van der Waals surface area contributed by atoms with Crippen LogP contribution in [0.1, 0.15) is 0 Å². The van der Waals surface area contributed by atoms with Crippen molar-refractivity contribution in [1.29, 1.82) is 0 Å². The minimum atomic E-state index is -5.01. The predicted octanol–water partition coefficient (Wildman–Crippen LogP) is 4.82. The maximum absolute atomic E-state index is 12.0. The average molecular weight is 211 g/mol. The predicted molar refractivity (Wildman–Crippen MR) is 32.5 cm³/mol. The Morgan fingerprint density at radius 1 is 1.00 bits per heavy atom. The largest absolute Gasteiger partial charge is 0.426 e. The van der Waals surface area contributed by atoms with E-state index >= 15 is 0 Å². The molecule has 0 spiro atoms. The number of nitrogens with zero attached hydrogens (tertiary/aromatic N) is 3. The van der Waals surface area contributed by atoms with Crippen LogP contribution in [-0.2, 0) is 0 Å². The normalized spacial score (nSPS) is 28.4.